The van der Waals surface area contributed by atoms with Crippen LogP contribution in [0, 0.1) is 0 Å². The number of rotatable bonds is 6. The van der Waals surface area contributed by atoms with Gasteiger partial charge in [-0.15, -0.1) is 0 Å². The fraction of sp³-hybridized carbons (Fsp3) is 0.765. The largest absolute Gasteiger partial charge is 0.381 e. The Kier molecular flexibility index (Phi) is 4.73. The quantitative estimate of drug-likeness (QED) is 0.802. The first kappa shape index (κ1) is 16.5. The number of aryl methyl sites for hydroxylation is 1. The number of carbonyl (C=O) groups excluding carboxylic acids is 1. The van der Waals surface area contributed by atoms with Gasteiger partial charge in [-0.2, -0.15) is 5.10 Å². The van der Waals surface area contributed by atoms with Gasteiger partial charge in [-0.1, -0.05) is 0 Å². The van der Waals surface area contributed by atoms with Gasteiger partial charge in [-0.3, -0.25) is 9.48 Å². The molecule has 23 heavy (non-hydrogen) atoms. The van der Waals surface area contributed by atoms with Crippen molar-refractivity contribution in [2.75, 3.05) is 26.9 Å². The van der Waals surface area contributed by atoms with Crippen LogP contribution in [0.25, 0.3) is 0 Å². The molecule has 3 rings (SSSR count). The summed E-state index contributed by atoms with van der Waals surface area (Å²) < 4.78 is 13.1. The highest BCUT2D eigenvalue weighted by Gasteiger charge is 2.41. The minimum Gasteiger partial charge on any atom is -0.381 e. The van der Waals surface area contributed by atoms with Gasteiger partial charge in [0.2, 0.25) is 5.91 Å². The van der Waals surface area contributed by atoms with Crippen molar-refractivity contribution in [2.24, 2.45) is 7.05 Å². The van der Waals surface area contributed by atoms with Crippen molar-refractivity contribution < 1.29 is 14.3 Å². The molecule has 1 aliphatic heterocycles. The second-order valence-corrected chi connectivity index (χ2v) is 6.76. The van der Waals surface area contributed by atoms with Crippen molar-refractivity contribution in [1.82, 2.24) is 14.7 Å². The highest BCUT2D eigenvalue weighted by atomic mass is 16.5. The molecular weight excluding hydrogens is 294 g/mol. The molecule has 0 bridgehead atoms. The molecule has 1 atom stereocenters. The lowest BCUT2D eigenvalue weighted by atomic mass is 9.77. The van der Waals surface area contributed by atoms with Gasteiger partial charge in [-0.25, -0.2) is 0 Å². The Bertz CT molecular complexity index is 560. The fourth-order valence-electron chi connectivity index (χ4n) is 3.64. The average Bonchev–Trinajstić information content (AvgIpc) is 2.88. The first-order chi connectivity index (χ1) is 11.1. The summed E-state index contributed by atoms with van der Waals surface area (Å²) in [5.41, 5.74) is 1.99. The van der Waals surface area contributed by atoms with Gasteiger partial charge in [0, 0.05) is 51.5 Å². The maximum Gasteiger partial charge on any atom is 0.225 e. The summed E-state index contributed by atoms with van der Waals surface area (Å²) >= 11 is 0. The van der Waals surface area contributed by atoms with E-state index in [2.05, 4.69) is 5.10 Å². The van der Waals surface area contributed by atoms with E-state index < -0.39 is 0 Å². The van der Waals surface area contributed by atoms with Crippen LogP contribution in [0.5, 0.6) is 0 Å². The van der Waals surface area contributed by atoms with Crippen molar-refractivity contribution in [3.8, 4) is 0 Å². The number of hydrogen-bond donors (Lipinski definition) is 0. The van der Waals surface area contributed by atoms with Crippen LogP contribution < -0.4 is 0 Å². The van der Waals surface area contributed by atoms with Crippen molar-refractivity contribution in [2.45, 2.75) is 50.7 Å². The number of hydrogen-bond acceptors (Lipinski definition) is 4. The summed E-state index contributed by atoms with van der Waals surface area (Å²) in [6, 6.07) is 0. The molecule has 1 aromatic heterocycles. The standard InChI is InChI=1S/C17H27N3O3/c1-4-23-12-14-11-20(10-13-9-19(2)18-16(13)14)15(21)8-17(22-3)6-5-7-17/h9,14H,4-8,10-12H2,1-3H3. The molecule has 6 heteroatoms. The molecule has 1 aromatic rings. The van der Waals surface area contributed by atoms with E-state index in [1.54, 1.807) is 7.11 Å². The van der Waals surface area contributed by atoms with E-state index in [0.717, 1.165) is 30.5 Å². The third-order valence-corrected chi connectivity index (χ3v) is 5.17. The van der Waals surface area contributed by atoms with Crippen molar-refractivity contribution in [1.29, 1.82) is 0 Å². The van der Waals surface area contributed by atoms with Crippen LogP contribution in [0.3, 0.4) is 0 Å². The molecule has 1 saturated carbocycles. The number of amides is 1. The van der Waals surface area contributed by atoms with Crippen molar-refractivity contribution in [3.05, 3.63) is 17.5 Å². The molecule has 6 nitrogen and oxygen atoms in total. The summed E-state index contributed by atoms with van der Waals surface area (Å²) in [4.78, 5) is 14.7. The van der Waals surface area contributed by atoms with Crippen LogP contribution in [0.15, 0.2) is 6.20 Å². The molecule has 0 aromatic carbocycles. The summed E-state index contributed by atoms with van der Waals surface area (Å²) in [6.07, 6.45) is 5.64. The third-order valence-electron chi connectivity index (χ3n) is 5.17. The minimum absolute atomic E-state index is 0.156. The number of aromatic nitrogens is 2. The summed E-state index contributed by atoms with van der Waals surface area (Å²) in [7, 11) is 3.65. The van der Waals surface area contributed by atoms with Gasteiger partial charge in [0.15, 0.2) is 0 Å². The van der Waals surface area contributed by atoms with Crippen LogP contribution in [0.2, 0.25) is 0 Å². The molecule has 2 heterocycles. The van der Waals surface area contributed by atoms with E-state index in [0.29, 0.717) is 32.7 Å². The van der Waals surface area contributed by atoms with Crippen LogP contribution in [0.1, 0.15) is 49.8 Å². The van der Waals surface area contributed by atoms with E-state index in [9.17, 15) is 4.79 Å². The smallest absolute Gasteiger partial charge is 0.225 e. The maximum absolute atomic E-state index is 12.8. The lowest BCUT2D eigenvalue weighted by Gasteiger charge is -2.42. The molecule has 2 aliphatic rings. The fourth-order valence-corrected chi connectivity index (χ4v) is 3.64. The number of carbonyl (C=O) groups is 1. The Morgan fingerprint density at radius 3 is 2.87 bits per heavy atom. The van der Waals surface area contributed by atoms with Crippen molar-refractivity contribution >= 4 is 5.91 Å². The van der Waals surface area contributed by atoms with Gasteiger partial charge in [0.05, 0.1) is 24.3 Å². The zero-order valence-electron chi connectivity index (χ0n) is 14.4. The van der Waals surface area contributed by atoms with Crippen molar-refractivity contribution in [3.63, 3.8) is 0 Å². The van der Waals surface area contributed by atoms with Gasteiger partial charge in [-0.05, 0) is 26.2 Å². The topological polar surface area (TPSA) is 56.6 Å². The highest BCUT2D eigenvalue weighted by molar-refractivity contribution is 5.78. The Morgan fingerprint density at radius 2 is 2.26 bits per heavy atom. The highest BCUT2D eigenvalue weighted by Crippen LogP contribution is 2.39. The van der Waals surface area contributed by atoms with Gasteiger partial charge in [0.1, 0.15) is 0 Å². The normalized spacial score (nSPS) is 22.6. The number of nitrogens with zero attached hydrogens (tertiary/aromatic N) is 3. The van der Waals surface area contributed by atoms with Crippen LogP contribution in [-0.2, 0) is 27.9 Å². The predicted molar refractivity (Wildman–Crippen MR) is 86.1 cm³/mol. The van der Waals surface area contributed by atoms with E-state index in [1.165, 1.54) is 0 Å². The van der Waals surface area contributed by atoms with Crippen LogP contribution in [0.4, 0.5) is 0 Å². The predicted octanol–water partition coefficient (Wildman–Crippen LogP) is 1.84. The number of methoxy groups -OCH3 is 1. The molecule has 1 fully saturated rings. The van der Waals surface area contributed by atoms with Gasteiger partial charge >= 0.3 is 0 Å². The second-order valence-electron chi connectivity index (χ2n) is 6.76. The molecule has 0 N–H and O–H groups in total. The summed E-state index contributed by atoms with van der Waals surface area (Å²) in [5, 5.41) is 4.57. The molecule has 128 valence electrons. The Morgan fingerprint density at radius 1 is 1.48 bits per heavy atom. The summed E-state index contributed by atoms with van der Waals surface area (Å²) in [5.74, 6) is 0.339. The molecule has 0 saturated heterocycles. The molecule has 0 radical (unpaired) electrons. The lowest BCUT2D eigenvalue weighted by molar-refractivity contribution is -0.145. The van der Waals surface area contributed by atoms with Gasteiger partial charge in [0.25, 0.3) is 0 Å². The van der Waals surface area contributed by atoms with Crippen LogP contribution >= 0.6 is 0 Å². The Hall–Kier alpha value is -1.40. The first-order valence-corrected chi connectivity index (χ1v) is 8.50. The van der Waals surface area contributed by atoms with E-state index in [1.807, 2.05) is 29.7 Å². The zero-order chi connectivity index (χ0) is 16.4. The minimum atomic E-state index is -0.221. The van der Waals surface area contributed by atoms with E-state index >= 15 is 0 Å². The SMILES string of the molecule is CCOCC1CN(C(=O)CC2(OC)CCC2)Cc2cn(C)nc21. The van der Waals surface area contributed by atoms with E-state index in [-0.39, 0.29) is 17.4 Å². The van der Waals surface area contributed by atoms with Crippen LogP contribution in [-0.4, -0.2) is 53.1 Å². The Balaban J connectivity index is 1.72. The monoisotopic (exact) mass is 321 g/mol. The third kappa shape index (κ3) is 3.28. The van der Waals surface area contributed by atoms with E-state index in [4.69, 9.17) is 9.47 Å². The van der Waals surface area contributed by atoms with Gasteiger partial charge < -0.3 is 14.4 Å². The molecule has 1 aliphatic carbocycles. The lowest BCUT2D eigenvalue weighted by Crippen LogP contribution is -2.47. The maximum atomic E-state index is 12.8. The molecule has 1 unspecified atom stereocenters. The Labute approximate surface area is 137 Å². The number of fused-ring (bicyclic) bond motifs is 1. The summed E-state index contributed by atoms with van der Waals surface area (Å²) in [6.45, 7) is 4.61. The zero-order valence-corrected chi connectivity index (χ0v) is 14.4. The number of ether oxygens (including phenoxy) is 2. The molecule has 1 amide bonds. The second kappa shape index (κ2) is 6.61. The molecular formula is C17H27N3O3. The first-order valence-electron chi connectivity index (χ1n) is 8.50. The average molecular weight is 321 g/mol. The molecule has 0 spiro atoms.